The molecule has 28 heavy (non-hydrogen) atoms. The third kappa shape index (κ3) is 7.91. The Kier molecular flexibility index (Phi) is 10.6. The molecular weight excluding hydrogens is 467 g/mol. The van der Waals surface area contributed by atoms with Crippen LogP contribution in [0.5, 0.6) is 0 Å². The molecule has 3 rings (SSSR count). The average Bonchev–Trinajstić information content (AvgIpc) is 3.39. The highest BCUT2D eigenvalue weighted by atomic mass is 127. The molecule has 0 bridgehead atoms. The number of nitrogens with one attached hydrogen (secondary N) is 2. The zero-order valence-corrected chi connectivity index (χ0v) is 19.7. The minimum absolute atomic E-state index is 0. The van der Waals surface area contributed by atoms with Gasteiger partial charge in [0.05, 0.1) is 12.9 Å². The second kappa shape index (κ2) is 12.7. The molecule has 3 heterocycles. The molecular formula is C21H37IN4O2. The van der Waals surface area contributed by atoms with Crippen LogP contribution >= 0.6 is 24.0 Å². The minimum Gasteiger partial charge on any atom is -0.469 e. The fraction of sp³-hybridized carbons (Fsp3) is 0.762. The van der Waals surface area contributed by atoms with Crippen LogP contribution < -0.4 is 10.6 Å². The summed E-state index contributed by atoms with van der Waals surface area (Å²) in [5.74, 6) is 3.19. The van der Waals surface area contributed by atoms with Crippen molar-refractivity contribution in [3.05, 3.63) is 24.2 Å². The number of ether oxygens (including phenoxy) is 1. The van der Waals surface area contributed by atoms with Crippen molar-refractivity contribution in [2.24, 2.45) is 16.8 Å². The molecule has 2 fully saturated rings. The smallest absolute Gasteiger partial charge is 0.191 e. The van der Waals surface area contributed by atoms with E-state index in [1.807, 2.05) is 12.1 Å². The number of guanidine groups is 1. The van der Waals surface area contributed by atoms with E-state index in [0.29, 0.717) is 17.9 Å². The first-order valence-electron chi connectivity index (χ1n) is 10.6. The topological polar surface area (TPSA) is 62.0 Å². The fourth-order valence-corrected chi connectivity index (χ4v) is 3.93. The molecule has 6 nitrogen and oxygen atoms in total. The molecule has 2 aliphatic rings. The number of rotatable bonds is 9. The maximum Gasteiger partial charge on any atom is 0.191 e. The van der Waals surface area contributed by atoms with Crippen molar-refractivity contribution >= 4 is 29.9 Å². The molecule has 0 aromatic carbocycles. The maximum atomic E-state index is 5.48. The summed E-state index contributed by atoms with van der Waals surface area (Å²) in [5, 5.41) is 7.08. The molecule has 0 radical (unpaired) electrons. The number of nitrogens with zero attached hydrogens (tertiary/aromatic N) is 2. The quantitative estimate of drug-likeness (QED) is 0.308. The van der Waals surface area contributed by atoms with E-state index in [9.17, 15) is 0 Å². The van der Waals surface area contributed by atoms with Gasteiger partial charge in [-0.3, -0.25) is 9.89 Å². The summed E-state index contributed by atoms with van der Waals surface area (Å²) in [7, 11) is 0. The van der Waals surface area contributed by atoms with Gasteiger partial charge < -0.3 is 19.8 Å². The van der Waals surface area contributed by atoms with Crippen LogP contribution in [0.4, 0.5) is 0 Å². The number of furan rings is 1. The van der Waals surface area contributed by atoms with E-state index >= 15 is 0 Å². The molecule has 0 amide bonds. The van der Waals surface area contributed by atoms with Crippen LogP contribution in [-0.4, -0.2) is 62.8 Å². The monoisotopic (exact) mass is 504 g/mol. The summed E-state index contributed by atoms with van der Waals surface area (Å²) < 4.78 is 10.9. The average molecular weight is 504 g/mol. The lowest BCUT2D eigenvalue weighted by atomic mass is 10.1. The van der Waals surface area contributed by atoms with Crippen LogP contribution in [0.15, 0.2) is 27.8 Å². The summed E-state index contributed by atoms with van der Waals surface area (Å²) in [6.45, 7) is 11.3. The Morgan fingerprint density at radius 3 is 2.93 bits per heavy atom. The third-order valence-electron chi connectivity index (χ3n) is 5.38. The molecule has 7 heteroatoms. The Labute approximate surface area is 186 Å². The van der Waals surface area contributed by atoms with E-state index in [1.54, 1.807) is 6.26 Å². The summed E-state index contributed by atoms with van der Waals surface area (Å²) in [4.78, 5) is 7.46. The zero-order chi connectivity index (χ0) is 18.9. The molecule has 0 saturated carbocycles. The highest BCUT2D eigenvalue weighted by Gasteiger charge is 2.25. The molecule has 2 saturated heterocycles. The molecule has 0 spiro atoms. The lowest BCUT2D eigenvalue weighted by molar-refractivity contribution is 0.187. The molecule has 1 unspecified atom stereocenters. The first-order chi connectivity index (χ1) is 13.2. The van der Waals surface area contributed by atoms with Crippen LogP contribution in [0.3, 0.4) is 0 Å². The van der Waals surface area contributed by atoms with Gasteiger partial charge in [0.1, 0.15) is 5.76 Å². The van der Waals surface area contributed by atoms with Crippen molar-refractivity contribution in [3.8, 4) is 0 Å². The normalized spacial score (nSPS) is 23.2. The predicted molar refractivity (Wildman–Crippen MR) is 124 cm³/mol. The predicted octanol–water partition coefficient (Wildman–Crippen LogP) is 3.13. The first-order valence-corrected chi connectivity index (χ1v) is 10.6. The van der Waals surface area contributed by atoms with Gasteiger partial charge >= 0.3 is 0 Å². The Morgan fingerprint density at radius 2 is 2.21 bits per heavy atom. The Hall–Kier alpha value is -0.800. The van der Waals surface area contributed by atoms with Crippen molar-refractivity contribution in [1.29, 1.82) is 0 Å². The van der Waals surface area contributed by atoms with Gasteiger partial charge in [0.2, 0.25) is 0 Å². The van der Waals surface area contributed by atoms with E-state index < -0.39 is 0 Å². The first kappa shape index (κ1) is 23.5. The Morgan fingerprint density at radius 1 is 1.32 bits per heavy atom. The van der Waals surface area contributed by atoms with E-state index in [4.69, 9.17) is 14.1 Å². The van der Waals surface area contributed by atoms with Crippen LogP contribution in [0.2, 0.25) is 0 Å². The standard InChI is InChI=1S/C21H36N4O2.HI/c1-17(2)15-25-10-3-5-19(25)14-24-21(23-13-18-8-12-26-16-18)22-9-7-20-6-4-11-27-20;/h4,6,11,17-19H,3,5,7-10,12-16H2,1-2H3,(H2,22,23,24);1H/t18?,19-;/m1./s1. The second-order valence-corrected chi connectivity index (χ2v) is 8.24. The molecule has 1 aromatic heterocycles. The third-order valence-corrected chi connectivity index (χ3v) is 5.38. The van der Waals surface area contributed by atoms with Gasteiger partial charge in [0.25, 0.3) is 0 Å². The molecule has 2 N–H and O–H groups in total. The fourth-order valence-electron chi connectivity index (χ4n) is 3.93. The van der Waals surface area contributed by atoms with E-state index in [-0.39, 0.29) is 24.0 Å². The van der Waals surface area contributed by atoms with Gasteiger partial charge in [-0.1, -0.05) is 13.8 Å². The summed E-state index contributed by atoms with van der Waals surface area (Å²) in [6, 6.07) is 4.57. The molecule has 0 aliphatic carbocycles. The van der Waals surface area contributed by atoms with Gasteiger partial charge in [-0.25, -0.2) is 0 Å². The van der Waals surface area contributed by atoms with E-state index in [2.05, 4.69) is 29.4 Å². The van der Waals surface area contributed by atoms with Crippen molar-refractivity contribution in [3.63, 3.8) is 0 Å². The second-order valence-electron chi connectivity index (χ2n) is 8.24. The van der Waals surface area contributed by atoms with E-state index in [1.165, 1.54) is 25.9 Å². The summed E-state index contributed by atoms with van der Waals surface area (Å²) in [5.41, 5.74) is 0. The zero-order valence-electron chi connectivity index (χ0n) is 17.4. The summed E-state index contributed by atoms with van der Waals surface area (Å²) in [6.07, 6.45) is 6.29. The number of aliphatic imine (C=N–C) groups is 1. The lowest BCUT2D eigenvalue weighted by Gasteiger charge is -2.27. The molecule has 2 aliphatic heterocycles. The molecule has 2 atom stereocenters. The lowest BCUT2D eigenvalue weighted by Crippen LogP contribution is -2.46. The van der Waals surface area contributed by atoms with Crippen molar-refractivity contribution in [2.45, 2.75) is 45.6 Å². The van der Waals surface area contributed by atoms with E-state index in [0.717, 1.165) is 57.4 Å². The van der Waals surface area contributed by atoms with Gasteiger partial charge in [-0.05, 0) is 43.9 Å². The van der Waals surface area contributed by atoms with Gasteiger partial charge in [-0.15, -0.1) is 24.0 Å². The van der Waals surface area contributed by atoms with Crippen LogP contribution in [0.1, 0.15) is 38.9 Å². The van der Waals surface area contributed by atoms with Crippen molar-refractivity contribution in [1.82, 2.24) is 15.5 Å². The van der Waals surface area contributed by atoms with Crippen LogP contribution in [-0.2, 0) is 11.2 Å². The van der Waals surface area contributed by atoms with Crippen LogP contribution in [0, 0.1) is 11.8 Å². The number of halogens is 1. The molecule has 1 aromatic rings. The Balaban J connectivity index is 0.00000280. The molecule has 160 valence electrons. The van der Waals surface area contributed by atoms with Crippen molar-refractivity contribution in [2.75, 3.05) is 45.9 Å². The van der Waals surface area contributed by atoms with Crippen LogP contribution in [0.25, 0.3) is 0 Å². The SMILES string of the molecule is CC(C)CN1CCC[C@@H]1CNC(=NCC1CCOC1)NCCc1ccco1.I. The number of hydrogen-bond acceptors (Lipinski definition) is 4. The van der Waals surface area contributed by atoms with Gasteiger partial charge in [-0.2, -0.15) is 0 Å². The number of likely N-dealkylation sites (tertiary alicyclic amines) is 1. The van der Waals surface area contributed by atoms with Gasteiger partial charge in [0, 0.05) is 51.2 Å². The largest absolute Gasteiger partial charge is 0.469 e. The van der Waals surface area contributed by atoms with Gasteiger partial charge in [0.15, 0.2) is 5.96 Å². The number of hydrogen-bond donors (Lipinski definition) is 2. The maximum absolute atomic E-state index is 5.48. The van der Waals surface area contributed by atoms with Crippen molar-refractivity contribution < 1.29 is 9.15 Å². The Bertz CT molecular complexity index is 559. The highest BCUT2D eigenvalue weighted by molar-refractivity contribution is 14.0. The summed E-state index contributed by atoms with van der Waals surface area (Å²) >= 11 is 0. The highest BCUT2D eigenvalue weighted by Crippen LogP contribution is 2.18. The minimum atomic E-state index is 0.